The molecule has 0 radical (unpaired) electrons. The Morgan fingerprint density at radius 1 is 1.47 bits per heavy atom. The summed E-state index contributed by atoms with van der Waals surface area (Å²) < 4.78 is 5.42. The molecule has 2 fully saturated rings. The molecule has 0 spiro atoms. The van der Waals surface area contributed by atoms with Crippen molar-refractivity contribution in [1.82, 2.24) is 5.32 Å². The van der Waals surface area contributed by atoms with Gasteiger partial charge in [-0.1, -0.05) is 15.9 Å². The second kappa shape index (κ2) is 5.30. The molecule has 1 saturated carbocycles. The maximum Gasteiger partial charge on any atom is 0.222 e. The minimum atomic E-state index is 0.131. The molecule has 1 aliphatic heterocycles. The Bertz CT molecular complexity index is 225. The van der Waals surface area contributed by atoms with Crippen molar-refractivity contribution in [3.8, 4) is 0 Å². The van der Waals surface area contributed by atoms with Gasteiger partial charge in [-0.05, 0) is 31.6 Å². The van der Waals surface area contributed by atoms with Crippen molar-refractivity contribution in [1.29, 1.82) is 0 Å². The van der Waals surface area contributed by atoms with Crippen molar-refractivity contribution < 1.29 is 9.53 Å². The van der Waals surface area contributed by atoms with E-state index in [1.807, 2.05) is 0 Å². The van der Waals surface area contributed by atoms with Crippen LogP contribution in [0.1, 0.15) is 32.1 Å². The quantitative estimate of drug-likeness (QED) is 0.778. The summed E-state index contributed by atoms with van der Waals surface area (Å²) in [5.41, 5.74) is 0. The molecule has 2 aliphatic rings. The van der Waals surface area contributed by atoms with E-state index in [0.29, 0.717) is 11.2 Å². The first-order valence-electron chi connectivity index (χ1n) is 5.78. The van der Waals surface area contributed by atoms with Crippen molar-refractivity contribution in [3.63, 3.8) is 0 Å². The van der Waals surface area contributed by atoms with Gasteiger partial charge in [0.25, 0.3) is 0 Å². The highest BCUT2D eigenvalue weighted by Gasteiger charge is 2.29. The molecule has 1 N–H and O–H groups in total. The number of rotatable bonds is 5. The average molecular weight is 276 g/mol. The molecule has 2 unspecified atom stereocenters. The number of halogens is 1. The molecule has 1 amide bonds. The van der Waals surface area contributed by atoms with E-state index in [4.69, 9.17) is 4.74 Å². The highest BCUT2D eigenvalue weighted by molar-refractivity contribution is 9.09. The molecule has 2 rings (SSSR count). The van der Waals surface area contributed by atoms with Gasteiger partial charge in [-0.25, -0.2) is 0 Å². The third kappa shape index (κ3) is 3.76. The van der Waals surface area contributed by atoms with Gasteiger partial charge >= 0.3 is 0 Å². The van der Waals surface area contributed by atoms with Gasteiger partial charge in [-0.3, -0.25) is 4.79 Å². The molecule has 3 nitrogen and oxygen atoms in total. The number of alkyl halides is 1. The zero-order valence-electron chi connectivity index (χ0n) is 8.88. The normalized spacial score (nSPS) is 27.7. The molecule has 0 aromatic carbocycles. The van der Waals surface area contributed by atoms with Crippen LogP contribution in [-0.2, 0) is 9.53 Å². The summed E-state index contributed by atoms with van der Waals surface area (Å²) >= 11 is 3.60. The lowest BCUT2D eigenvalue weighted by atomic mass is 10.2. The summed E-state index contributed by atoms with van der Waals surface area (Å²) in [5.74, 6) is 0.917. The van der Waals surface area contributed by atoms with Gasteiger partial charge in [0.1, 0.15) is 0 Å². The van der Waals surface area contributed by atoms with Gasteiger partial charge in [-0.15, -0.1) is 0 Å². The van der Waals surface area contributed by atoms with Crippen LogP contribution in [-0.4, -0.2) is 30.0 Å². The first-order chi connectivity index (χ1) is 7.25. The number of amides is 1. The van der Waals surface area contributed by atoms with Gasteiger partial charge in [0.05, 0.1) is 12.5 Å². The fourth-order valence-electron chi connectivity index (χ4n) is 1.92. The van der Waals surface area contributed by atoms with E-state index in [1.54, 1.807) is 0 Å². The van der Waals surface area contributed by atoms with Crippen LogP contribution in [0.25, 0.3) is 0 Å². The maximum atomic E-state index is 11.5. The minimum absolute atomic E-state index is 0.131. The molecule has 0 aromatic heterocycles. The van der Waals surface area contributed by atoms with E-state index in [0.717, 1.165) is 31.9 Å². The summed E-state index contributed by atoms with van der Waals surface area (Å²) in [6, 6.07) is 0. The summed E-state index contributed by atoms with van der Waals surface area (Å²) in [5, 5.41) is 2.96. The summed E-state index contributed by atoms with van der Waals surface area (Å²) in [4.78, 5) is 12.0. The van der Waals surface area contributed by atoms with Crippen molar-refractivity contribution in [2.75, 3.05) is 13.2 Å². The first kappa shape index (κ1) is 11.4. The number of hydrogen-bond donors (Lipinski definition) is 1. The molecule has 0 bridgehead atoms. The van der Waals surface area contributed by atoms with Crippen LogP contribution in [0.15, 0.2) is 0 Å². The molecule has 2 atom stereocenters. The molecule has 4 heteroatoms. The van der Waals surface area contributed by atoms with Gasteiger partial charge in [0.2, 0.25) is 5.91 Å². The Labute approximate surface area is 99.1 Å². The van der Waals surface area contributed by atoms with Crippen LogP contribution in [0.4, 0.5) is 0 Å². The second-order valence-electron chi connectivity index (χ2n) is 4.50. The molecule has 1 saturated heterocycles. The van der Waals surface area contributed by atoms with Crippen molar-refractivity contribution >= 4 is 21.8 Å². The average Bonchev–Trinajstić information content (AvgIpc) is 2.95. The molecule has 86 valence electrons. The Morgan fingerprint density at radius 3 is 2.87 bits per heavy atom. The third-order valence-corrected chi connectivity index (χ3v) is 4.14. The third-order valence-electron chi connectivity index (χ3n) is 3.06. The van der Waals surface area contributed by atoms with Crippen molar-refractivity contribution in [2.24, 2.45) is 5.92 Å². The number of hydrogen-bond acceptors (Lipinski definition) is 2. The Hall–Kier alpha value is -0.0900. The van der Waals surface area contributed by atoms with Crippen LogP contribution < -0.4 is 5.32 Å². The maximum absolute atomic E-state index is 11.5. The fourth-order valence-corrected chi connectivity index (χ4v) is 2.61. The fraction of sp³-hybridized carbons (Fsp3) is 0.909. The first-order valence-corrected chi connectivity index (χ1v) is 6.69. The minimum Gasteiger partial charge on any atom is -0.378 e. The Balaban J connectivity index is 1.59. The molecule has 15 heavy (non-hydrogen) atoms. The Morgan fingerprint density at radius 2 is 2.27 bits per heavy atom. The van der Waals surface area contributed by atoms with Crippen molar-refractivity contribution in [2.45, 2.75) is 43.0 Å². The van der Waals surface area contributed by atoms with Gasteiger partial charge in [-0.2, -0.15) is 0 Å². The molecular formula is C11H18BrNO2. The van der Waals surface area contributed by atoms with E-state index >= 15 is 0 Å². The lowest BCUT2D eigenvalue weighted by Gasteiger charge is -2.12. The predicted molar refractivity (Wildman–Crippen MR) is 62.0 cm³/mol. The Kier molecular flexibility index (Phi) is 4.03. The van der Waals surface area contributed by atoms with E-state index in [2.05, 4.69) is 21.2 Å². The molecule has 1 heterocycles. The summed E-state index contributed by atoms with van der Waals surface area (Å²) in [6.07, 6.45) is 5.44. The zero-order chi connectivity index (χ0) is 10.7. The van der Waals surface area contributed by atoms with Gasteiger partial charge in [0, 0.05) is 18.0 Å². The number of nitrogens with one attached hydrogen (secondary N) is 1. The number of ether oxygens (including phenoxy) is 1. The van der Waals surface area contributed by atoms with E-state index < -0.39 is 0 Å². The van der Waals surface area contributed by atoms with Crippen LogP contribution in [0.2, 0.25) is 0 Å². The molecule has 0 aromatic rings. The molecular weight excluding hydrogens is 258 g/mol. The second-order valence-corrected chi connectivity index (χ2v) is 5.67. The summed E-state index contributed by atoms with van der Waals surface area (Å²) in [7, 11) is 0. The molecule has 1 aliphatic carbocycles. The largest absolute Gasteiger partial charge is 0.378 e. The SMILES string of the molecule is O=C(CC1CCCO1)NCC(Br)C1CC1. The van der Waals surface area contributed by atoms with E-state index in [9.17, 15) is 4.79 Å². The standard InChI is InChI=1S/C11H18BrNO2/c12-10(8-3-4-8)7-13-11(14)6-9-2-1-5-15-9/h8-10H,1-7H2,(H,13,14). The smallest absolute Gasteiger partial charge is 0.222 e. The number of carbonyl (C=O) groups is 1. The highest BCUT2D eigenvalue weighted by atomic mass is 79.9. The topological polar surface area (TPSA) is 38.3 Å². The zero-order valence-corrected chi connectivity index (χ0v) is 10.5. The lowest BCUT2D eigenvalue weighted by molar-refractivity contribution is -0.123. The van der Waals surface area contributed by atoms with E-state index in [1.165, 1.54) is 12.8 Å². The van der Waals surface area contributed by atoms with Crippen LogP contribution in [0, 0.1) is 5.92 Å². The van der Waals surface area contributed by atoms with Gasteiger partial charge in [0.15, 0.2) is 0 Å². The monoisotopic (exact) mass is 275 g/mol. The van der Waals surface area contributed by atoms with Gasteiger partial charge < -0.3 is 10.1 Å². The van der Waals surface area contributed by atoms with Crippen LogP contribution >= 0.6 is 15.9 Å². The highest BCUT2D eigenvalue weighted by Crippen LogP contribution is 2.36. The predicted octanol–water partition coefficient (Wildman–Crippen LogP) is 1.85. The van der Waals surface area contributed by atoms with E-state index in [-0.39, 0.29) is 12.0 Å². The van der Waals surface area contributed by atoms with Crippen LogP contribution in [0.5, 0.6) is 0 Å². The van der Waals surface area contributed by atoms with Crippen LogP contribution in [0.3, 0.4) is 0 Å². The number of carbonyl (C=O) groups excluding carboxylic acids is 1. The lowest BCUT2D eigenvalue weighted by Crippen LogP contribution is -2.32. The van der Waals surface area contributed by atoms with Crippen molar-refractivity contribution in [3.05, 3.63) is 0 Å². The summed E-state index contributed by atoms with van der Waals surface area (Å²) in [6.45, 7) is 1.58.